The van der Waals surface area contributed by atoms with Crippen LogP contribution in [0.4, 0.5) is 5.69 Å². The standard InChI is InChI=1S/C27H38N4O4/c1-17(2)31-25(33)24-23(28-18(3)32)21-15-20(35-5)13-14-22(21)30(24)16-27(31,4)26(34)29-19-11-9-7-6-8-10-12-19/h13-15,17,19H,6-12,16H2,1-5H3,(H,28,32)(H,29,34). The quantitative estimate of drug-likeness (QED) is 0.658. The summed E-state index contributed by atoms with van der Waals surface area (Å²) in [6, 6.07) is 5.46. The molecule has 1 aromatic heterocycles. The minimum Gasteiger partial charge on any atom is -0.497 e. The number of hydrogen-bond donors (Lipinski definition) is 2. The van der Waals surface area contributed by atoms with Gasteiger partial charge in [-0.05, 0) is 51.8 Å². The van der Waals surface area contributed by atoms with Gasteiger partial charge in [0.05, 0.1) is 24.9 Å². The van der Waals surface area contributed by atoms with Crippen molar-refractivity contribution >= 4 is 34.3 Å². The highest BCUT2D eigenvalue weighted by molar-refractivity contribution is 6.14. The summed E-state index contributed by atoms with van der Waals surface area (Å²) in [6.07, 6.45) is 7.84. The molecule has 0 bridgehead atoms. The number of benzene rings is 1. The van der Waals surface area contributed by atoms with E-state index in [1.807, 2.05) is 43.5 Å². The number of nitrogens with one attached hydrogen (secondary N) is 2. The van der Waals surface area contributed by atoms with Crippen LogP contribution in [0, 0.1) is 0 Å². The molecule has 0 spiro atoms. The predicted octanol–water partition coefficient (Wildman–Crippen LogP) is 4.46. The van der Waals surface area contributed by atoms with Gasteiger partial charge in [0.1, 0.15) is 17.0 Å². The molecular formula is C27H38N4O4. The smallest absolute Gasteiger partial charge is 0.273 e. The van der Waals surface area contributed by atoms with Gasteiger partial charge >= 0.3 is 0 Å². The molecule has 1 aliphatic heterocycles. The van der Waals surface area contributed by atoms with Gasteiger partial charge in [0.15, 0.2) is 0 Å². The van der Waals surface area contributed by atoms with Gasteiger partial charge in [-0.1, -0.05) is 32.1 Å². The van der Waals surface area contributed by atoms with Gasteiger partial charge in [0.2, 0.25) is 11.8 Å². The molecule has 0 radical (unpaired) electrons. The fourth-order valence-electron chi connectivity index (χ4n) is 5.80. The highest BCUT2D eigenvalue weighted by atomic mass is 16.5. The Bertz CT molecular complexity index is 1130. The molecule has 190 valence electrons. The molecule has 1 unspecified atom stereocenters. The molecule has 1 fully saturated rings. The second-order valence-corrected chi connectivity index (χ2v) is 10.4. The van der Waals surface area contributed by atoms with Crippen LogP contribution in [0.2, 0.25) is 0 Å². The topological polar surface area (TPSA) is 92.7 Å². The zero-order valence-corrected chi connectivity index (χ0v) is 21.6. The first kappa shape index (κ1) is 25.1. The van der Waals surface area contributed by atoms with E-state index in [9.17, 15) is 14.4 Å². The van der Waals surface area contributed by atoms with Crippen LogP contribution in [0.15, 0.2) is 18.2 Å². The largest absolute Gasteiger partial charge is 0.497 e. The SMILES string of the molecule is COc1ccc2c(c1)c(NC(C)=O)c1n2CC(C)(C(=O)NC2CCCCCCC2)N(C(C)C)C1=O. The number of anilines is 1. The van der Waals surface area contributed by atoms with E-state index in [1.54, 1.807) is 12.0 Å². The summed E-state index contributed by atoms with van der Waals surface area (Å²) in [7, 11) is 1.58. The van der Waals surface area contributed by atoms with Crippen LogP contribution in [-0.4, -0.2) is 51.9 Å². The summed E-state index contributed by atoms with van der Waals surface area (Å²) < 4.78 is 7.29. The molecule has 1 aliphatic carbocycles. The molecule has 8 nitrogen and oxygen atoms in total. The van der Waals surface area contributed by atoms with Gasteiger partial charge in [-0.2, -0.15) is 0 Å². The van der Waals surface area contributed by atoms with E-state index < -0.39 is 5.54 Å². The Morgan fingerprint density at radius 1 is 1.11 bits per heavy atom. The maximum atomic E-state index is 14.0. The third kappa shape index (κ3) is 4.62. The van der Waals surface area contributed by atoms with Crippen LogP contribution in [0.25, 0.3) is 10.9 Å². The number of aromatic nitrogens is 1. The lowest BCUT2D eigenvalue weighted by molar-refractivity contribution is -0.134. The summed E-state index contributed by atoms with van der Waals surface area (Å²) in [4.78, 5) is 41.7. The summed E-state index contributed by atoms with van der Waals surface area (Å²) in [6.45, 7) is 7.44. The van der Waals surface area contributed by atoms with Gasteiger partial charge in [-0.25, -0.2) is 0 Å². The molecule has 3 amide bonds. The molecule has 1 saturated carbocycles. The maximum Gasteiger partial charge on any atom is 0.273 e. The lowest BCUT2D eigenvalue weighted by Gasteiger charge is -2.47. The first-order valence-electron chi connectivity index (χ1n) is 12.8. The second kappa shape index (κ2) is 9.91. The van der Waals surface area contributed by atoms with Gasteiger partial charge in [-0.15, -0.1) is 0 Å². The monoisotopic (exact) mass is 482 g/mol. The van der Waals surface area contributed by atoms with Crippen molar-refractivity contribution in [2.75, 3.05) is 12.4 Å². The van der Waals surface area contributed by atoms with E-state index in [2.05, 4.69) is 10.6 Å². The van der Waals surface area contributed by atoms with E-state index in [-0.39, 0.29) is 29.8 Å². The number of fused-ring (bicyclic) bond motifs is 3. The first-order chi connectivity index (χ1) is 16.7. The highest BCUT2D eigenvalue weighted by Gasteiger charge is 2.50. The second-order valence-electron chi connectivity index (χ2n) is 10.4. The molecule has 2 aliphatic rings. The summed E-state index contributed by atoms with van der Waals surface area (Å²) in [5, 5.41) is 6.89. The van der Waals surface area contributed by atoms with Crippen molar-refractivity contribution in [1.29, 1.82) is 0 Å². The van der Waals surface area contributed by atoms with Crippen LogP contribution in [-0.2, 0) is 16.1 Å². The van der Waals surface area contributed by atoms with Gasteiger partial charge < -0.3 is 24.8 Å². The zero-order chi connectivity index (χ0) is 25.3. The van der Waals surface area contributed by atoms with Crippen LogP contribution < -0.4 is 15.4 Å². The normalized spacial score (nSPS) is 21.4. The number of methoxy groups -OCH3 is 1. The molecule has 1 aromatic carbocycles. The molecular weight excluding hydrogens is 444 g/mol. The van der Waals surface area contributed by atoms with Crippen LogP contribution in [0.1, 0.15) is 83.1 Å². The molecule has 2 heterocycles. The Labute approximate surface area is 207 Å². The van der Waals surface area contributed by atoms with Crippen molar-refractivity contribution in [2.24, 2.45) is 0 Å². The zero-order valence-electron chi connectivity index (χ0n) is 21.6. The molecule has 8 heteroatoms. The fraction of sp³-hybridized carbons (Fsp3) is 0.593. The van der Waals surface area contributed by atoms with Gasteiger partial charge in [-0.3, -0.25) is 14.4 Å². The number of carbonyl (C=O) groups excluding carboxylic acids is 3. The summed E-state index contributed by atoms with van der Waals surface area (Å²) in [5.41, 5.74) is 0.573. The molecule has 35 heavy (non-hydrogen) atoms. The van der Waals surface area contributed by atoms with Crippen LogP contribution in [0.3, 0.4) is 0 Å². The van der Waals surface area contributed by atoms with E-state index in [4.69, 9.17) is 4.74 Å². The Morgan fingerprint density at radius 3 is 2.37 bits per heavy atom. The molecule has 0 saturated heterocycles. The molecule has 4 rings (SSSR count). The van der Waals surface area contributed by atoms with Crippen molar-refractivity contribution in [3.8, 4) is 5.75 Å². The Balaban J connectivity index is 1.79. The number of hydrogen-bond acceptors (Lipinski definition) is 4. The Kier molecular flexibility index (Phi) is 7.10. The molecule has 1 atom stereocenters. The summed E-state index contributed by atoms with van der Waals surface area (Å²) in [5.74, 6) is -0.0138. The minimum atomic E-state index is -1.07. The van der Waals surface area contributed by atoms with E-state index in [0.717, 1.165) is 36.6 Å². The Morgan fingerprint density at radius 2 is 1.77 bits per heavy atom. The number of nitrogens with zero attached hydrogens (tertiary/aromatic N) is 2. The third-order valence-electron chi connectivity index (χ3n) is 7.44. The Hall–Kier alpha value is -3.03. The van der Waals surface area contributed by atoms with Crippen molar-refractivity contribution < 1.29 is 19.1 Å². The van der Waals surface area contributed by atoms with E-state index in [0.29, 0.717) is 23.7 Å². The third-order valence-corrected chi connectivity index (χ3v) is 7.44. The number of amides is 3. The van der Waals surface area contributed by atoms with E-state index in [1.165, 1.54) is 26.2 Å². The highest BCUT2D eigenvalue weighted by Crippen LogP contribution is 2.40. The number of rotatable bonds is 5. The minimum absolute atomic E-state index is 0.118. The van der Waals surface area contributed by atoms with Crippen molar-refractivity contribution in [3.05, 3.63) is 23.9 Å². The van der Waals surface area contributed by atoms with Crippen molar-refractivity contribution in [3.63, 3.8) is 0 Å². The number of ether oxygens (including phenoxy) is 1. The predicted molar refractivity (Wildman–Crippen MR) is 137 cm³/mol. The summed E-state index contributed by atoms with van der Waals surface area (Å²) >= 11 is 0. The molecule has 2 N–H and O–H groups in total. The maximum absolute atomic E-state index is 14.0. The average molecular weight is 483 g/mol. The fourth-order valence-corrected chi connectivity index (χ4v) is 5.80. The van der Waals surface area contributed by atoms with Crippen LogP contribution >= 0.6 is 0 Å². The lowest BCUT2D eigenvalue weighted by Crippen LogP contribution is -2.66. The molecule has 2 aromatic rings. The van der Waals surface area contributed by atoms with Crippen molar-refractivity contribution in [2.45, 2.75) is 96.8 Å². The van der Waals surface area contributed by atoms with E-state index >= 15 is 0 Å². The van der Waals surface area contributed by atoms with Crippen molar-refractivity contribution in [1.82, 2.24) is 14.8 Å². The van der Waals surface area contributed by atoms with Gasteiger partial charge in [0, 0.05) is 24.4 Å². The van der Waals surface area contributed by atoms with Crippen LogP contribution in [0.5, 0.6) is 5.75 Å². The first-order valence-corrected chi connectivity index (χ1v) is 12.8. The average Bonchev–Trinajstić information content (AvgIpc) is 3.07. The lowest BCUT2D eigenvalue weighted by atomic mass is 9.91. The number of carbonyl (C=O) groups is 3. The van der Waals surface area contributed by atoms with Gasteiger partial charge in [0.25, 0.3) is 5.91 Å².